The van der Waals surface area contributed by atoms with Crippen molar-refractivity contribution in [3.8, 4) is 17.3 Å². The first-order valence-electron chi connectivity index (χ1n) is 8.96. The Bertz CT molecular complexity index is 1030. The second-order valence-electron chi connectivity index (χ2n) is 6.21. The van der Waals surface area contributed by atoms with E-state index in [2.05, 4.69) is 5.10 Å². The molecule has 0 N–H and O–H groups in total. The van der Waals surface area contributed by atoms with Gasteiger partial charge in [-0.25, -0.2) is 9.48 Å². The van der Waals surface area contributed by atoms with Crippen molar-refractivity contribution in [2.75, 3.05) is 7.11 Å². The van der Waals surface area contributed by atoms with Crippen LogP contribution in [0, 0.1) is 6.92 Å². The molecule has 7 heteroatoms. The van der Waals surface area contributed by atoms with Gasteiger partial charge in [0, 0.05) is 17.3 Å². The molecule has 0 saturated heterocycles. The average molecular weight is 413 g/mol. The number of hydrogen-bond donors (Lipinski definition) is 0. The zero-order valence-corrected chi connectivity index (χ0v) is 17.1. The van der Waals surface area contributed by atoms with Crippen molar-refractivity contribution in [2.24, 2.45) is 0 Å². The van der Waals surface area contributed by atoms with Gasteiger partial charge in [-0.1, -0.05) is 23.7 Å². The maximum atomic E-state index is 11.7. The van der Waals surface area contributed by atoms with E-state index in [9.17, 15) is 4.79 Å². The van der Waals surface area contributed by atoms with Gasteiger partial charge in [0.15, 0.2) is 0 Å². The van der Waals surface area contributed by atoms with Crippen LogP contribution in [0.1, 0.15) is 18.1 Å². The van der Waals surface area contributed by atoms with Gasteiger partial charge in [-0.2, -0.15) is 0 Å². The smallest absolute Gasteiger partial charge is 0.373 e. The van der Waals surface area contributed by atoms with Crippen LogP contribution in [-0.2, 0) is 16.1 Å². The van der Waals surface area contributed by atoms with Gasteiger partial charge in [-0.3, -0.25) is 0 Å². The molecule has 0 saturated carbocycles. The number of halogens is 1. The molecule has 0 amide bonds. The lowest BCUT2D eigenvalue weighted by Gasteiger charge is -2.12. The molecule has 1 heterocycles. The molecule has 0 radical (unpaired) electrons. The predicted molar refractivity (Wildman–Crippen MR) is 110 cm³/mol. The molecule has 0 atom stereocenters. The molecule has 0 aliphatic carbocycles. The van der Waals surface area contributed by atoms with Crippen molar-refractivity contribution < 1.29 is 19.0 Å². The molecule has 150 valence electrons. The van der Waals surface area contributed by atoms with Crippen molar-refractivity contribution >= 4 is 17.6 Å². The van der Waals surface area contributed by atoms with E-state index >= 15 is 0 Å². The van der Waals surface area contributed by atoms with Crippen LogP contribution in [0.5, 0.6) is 11.6 Å². The van der Waals surface area contributed by atoms with E-state index in [4.69, 9.17) is 25.8 Å². The number of benzene rings is 2. The first-order valence-corrected chi connectivity index (χ1v) is 9.34. The number of rotatable bonds is 7. The van der Waals surface area contributed by atoms with Gasteiger partial charge < -0.3 is 14.2 Å². The van der Waals surface area contributed by atoms with Crippen LogP contribution in [0.3, 0.4) is 0 Å². The molecule has 3 aromatic rings. The zero-order valence-electron chi connectivity index (χ0n) is 16.4. The number of ether oxygens (including phenoxy) is 3. The Kier molecular flexibility index (Phi) is 6.57. The van der Waals surface area contributed by atoms with E-state index in [1.165, 1.54) is 7.11 Å². The van der Waals surface area contributed by atoms with Crippen molar-refractivity contribution in [3.63, 3.8) is 0 Å². The topological polar surface area (TPSA) is 62.6 Å². The number of carbonyl (C=O) groups is 1. The molecule has 0 spiro atoms. The summed E-state index contributed by atoms with van der Waals surface area (Å²) in [5.41, 5.74) is 2.66. The van der Waals surface area contributed by atoms with Gasteiger partial charge in [-0.15, -0.1) is 5.10 Å². The third-order valence-corrected chi connectivity index (χ3v) is 4.42. The van der Waals surface area contributed by atoms with E-state index in [1.807, 2.05) is 43.5 Å². The maximum Gasteiger partial charge on any atom is 0.373 e. The van der Waals surface area contributed by atoms with Crippen molar-refractivity contribution in [1.29, 1.82) is 0 Å². The summed E-state index contributed by atoms with van der Waals surface area (Å²) in [6.45, 7) is 3.92. The molecule has 0 aliphatic heterocycles. The summed E-state index contributed by atoms with van der Waals surface area (Å²) in [6.07, 6.45) is 3.38. The van der Waals surface area contributed by atoms with Crippen LogP contribution in [-0.4, -0.2) is 22.9 Å². The van der Waals surface area contributed by atoms with Crippen LogP contribution in [0.2, 0.25) is 5.02 Å². The van der Waals surface area contributed by atoms with Crippen molar-refractivity contribution in [2.45, 2.75) is 20.5 Å². The first kappa shape index (κ1) is 20.5. The van der Waals surface area contributed by atoms with E-state index in [1.54, 1.807) is 35.9 Å². The van der Waals surface area contributed by atoms with E-state index < -0.39 is 5.97 Å². The molecule has 0 aliphatic rings. The SMILES string of the molecule is C/C=C(\Oc1cc(COc2ccn(-c3ccc(Cl)cc3)n2)ccc1C)C(=O)OC. The molecule has 29 heavy (non-hydrogen) atoms. The fourth-order valence-corrected chi connectivity index (χ4v) is 2.69. The molecular formula is C22H21ClN2O4. The fourth-order valence-electron chi connectivity index (χ4n) is 2.56. The molecule has 0 fully saturated rings. The Balaban J connectivity index is 1.68. The minimum absolute atomic E-state index is 0.135. The van der Waals surface area contributed by atoms with Gasteiger partial charge >= 0.3 is 5.97 Å². The number of aryl methyl sites for hydroxylation is 1. The van der Waals surface area contributed by atoms with Gasteiger partial charge in [0.05, 0.1) is 12.8 Å². The molecular weight excluding hydrogens is 392 g/mol. The number of hydrogen-bond acceptors (Lipinski definition) is 5. The molecule has 3 rings (SSSR count). The van der Waals surface area contributed by atoms with Gasteiger partial charge in [0.2, 0.25) is 11.6 Å². The number of nitrogens with zero attached hydrogens (tertiary/aromatic N) is 2. The summed E-state index contributed by atoms with van der Waals surface area (Å²) in [4.78, 5) is 11.7. The van der Waals surface area contributed by atoms with Gasteiger partial charge in [-0.05, 0) is 61.4 Å². The fraction of sp³-hybridized carbons (Fsp3) is 0.182. The van der Waals surface area contributed by atoms with E-state index in [0.29, 0.717) is 23.3 Å². The molecule has 1 aromatic heterocycles. The van der Waals surface area contributed by atoms with Crippen molar-refractivity contribution in [3.05, 3.63) is 82.7 Å². The number of carbonyl (C=O) groups excluding carboxylic acids is 1. The lowest BCUT2D eigenvalue weighted by atomic mass is 10.1. The Morgan fingerprint density at radius 3 is 2.62 bits per heavy atom. The highest BCUT2D eigenvalue weighted by Crippen LogP contribution is 2.23. The summed E-state index contributed by atoms with van der Waals surface area (Å²) >= 11 is 5.92. The monoisotopic (exact) mass is 412 g/mol. The second-order valence-corrected chi connectivity index (χ2v) is 6.65. The highest BCUT2D eigenvalue weighted by molar-refractivity contribution is 6.30. The van der Waals surface area contributed by atoms with Crippen molar-refractivity contribution in [1.82, 2.24) is 9.78 Å². The molecule has 0 bridgehead atoms. The van der Waals surface area contributed by atoms with Crippen LogP contribution in [0.25, 0.3) is 5.69 Å². The zero-order chi connectivity index (χ0) is 20.8. The predicted octanol–water partition coefficient (Wildman–Crippen LogP) is 4.87. The van der Waals surface area contributed by atoms with Gasteiger partial charge in [0.25, 0.3) is 0 Å². The number of aromatic nitrogens is 2. The summed E-state index contributed by atoms with van der Waals surface area (Å²) in [5.74, 6) is 0.666. The van der Waals surface area contributed by atoms with Crippen LogP contribution >= 0.6 is 11.6 Å². The lowest BCUT2D eigenvalue weighted by Crippen LogP contribution is -2.11. The first-order chi connectivity index (χ1) is 14.0. The third kappa shape index (κ3) is 5.18. The summed E-state index contributed by atoms with van der Waals surface area (Å²) < 4.78 is 17.9. The highest BCUT2D eigenvalue weighted by Gasteiger charge is 2.13. The van der Waals surface area contributed by atoms with E-state index in [0.717, 1.165) is 16.8 Å². The van der Waals surface area contributed by atoms with Crippen LogP contribution in [0.4, 0.5) is 0 Å². The Labute approximate surface area is 174 Å². The Morgan fingerprint density at radius 1 is 1.17 bits per heavy atom. The number of methoxy groups -OCH3 is 1. The summed E-state index contributed by atoms with van der Waals surface area (Å²) in [7, 11) is 1.31. The largest absolute Gasteiger partial charge is 0.472 e. The molecule has 2 aromatic carbocycles. The summed E-state index contributed by atoms with van der Waals surface area (Å²) in [6, 6.07) is 14.8. The third-order valence-electron chi connectivity index (χ3n) is 4.16. The number of esters is 1. The number of allylic oxidation sites excluding steroid dienone is 1. The lowest BCUT2D eigenvalue weighted by molar-refractivity contribution is -0.138. The summed E-state index contributed by atoms with van der Waals surface area (Å²) in [5, 5.41) is 5.08. The molecule has 0 unspecified atom stereocenters. The van der Waals surface area contributed by atoms with Crippen LogP contribution < -0.4 is 9.47 Å². The minimum Gasteiger partial charge on any atom is -0.472 e. The average Bonchev–Trinajstić information content (AvgIpc) is 3.21. The molecule has 6 nitrogen and oxygen atoms in total. The second kappa shape index (κ2) is 9.30. The standard InChI is InChI=1S/C22H21ClN2O4/c1-4-19(22(26)27-3)29-20-13-16(6-5-15(20)2)14-28-21-11-12-25(24-21)18-9-7-17(23)8-10-18/h4-13H,14H2,1-3H3/b19-4-. The Morgan fingerprint density at radius 2 is 1.93 bits per heavy atom. The van der Waals surface area contributed by atoms with E-state index in [-0.39, 0.29) is 5.76 Å². The minimum atomic E-state index is -0.527. The Hall–Kier alpha value is -3.25. The van der Waals surface area contributed by atoms with Gasteiger partial charge in [0.1, 0.15) is 12.4 Å². The highest BCUT2D eigenvalue weighted by atomic mass is 35.5. The normalized spacial score (nSPS) is 11.2. The van der Waals surface area contributed by atoms with Crippen LogP contribution in [0.15, 0.2) is 66.6 Å². The quantitative estimate of drug-likeness (QED) is 0.315. The maximum absolute atomic E-state index is 11.7.